The van der Waals surface area contributed by atoms with Crippen LogP contribution < -0.4 is 4.72 Å². The van der Waals surface area contributed by atoms with Gasteiger partial charge in [0.1, 0.15) is 0 Å². The number of hydrogen-bond donors (Lipinski definition) is 1. The fourth-order valence-electron chi connectivity index (χ4n) is 2.15. The highest BCUT2D eigenvalue weighted by Gasteiger charge is 2.10. The summed E-state index contributed by atoms with van der Waals surface area (Å²) in [4.78, 5) is 0. The number of nitrogens with one attached hydrogen (secondary N) is 1. The molecular weight excluding hydrogens is 282 g/mol. The molecule has 0 aliphatic rings. The lowest BCUT2D eigenvalue weighted by Gasteiger charge is -2.08. The maximum Gasteiger partial charge on any atom is 0.232 e. The number of sulfonamides is 1. The van der Waals surface area contributed by atoms with Crippen LogP contribution in [-0.4, -0.2) is 14.2 Å². The fourth-order valence-corrected chi connectivity index (χ4v) is 3.27. The van der Waals surface area contributed by atoms with Crippen LogP contribution in [0.5, 0.6) is 0 Å². The second-order valence-electron chi connectivity index (χ2n) is 5.06. The molecule has 2 rings (SSSR count). The van der Waals surface area contributed by atoms with Gasteiger partial charge in [0.2, 0.25) is 10.0 Å². The summed E-state index contributed by atoms with van der Waals surface area (Å²) in [5.41, 5.74) is 2.99. The second-order valence-corrected chi connectivity index (χ2v) is 6.90. The Bertz CT molecular complexity index is 649. The van der Waals surface area contributed by atoms with Crippen molar-refractivity contribution in [1.29, 1.82) is 0 Å². The molecule has 0 heterocycles. The summed E-state index contributed by atoms with van der Waals surface area (Å²) in [5, 5.41) is 0. The molecule has 21 heavy (non-hydrogen) atoms. The summed E-state index contributed by atoms with van der Waals surface area (Å²) in [6, 6.07) is 17.5. The van der Waals surface area contributed by atoms with Crippen LogP contribution in [0.25, 0.3) is 0 Å². The average molecular weight is 303 g/mol. The Balaban J connectivity index is 1.86. The van der Waals surface area contributed by atoms with Gasteiger partial charge in [-0.2, -0.15) is 0 Å². The van der Waals surface area contributed by atoms with Crippen LogP contribution in [0.3, 0.4) is 0 Å². The van der Waals surface area contributed by atoms with Crippen molar-refractivity contribution < 1.29 is 8.42 Å². The van der Waals surface area contributed by atoms with E-state index in [0.29, 0.717) is 12.1 Å². The van der Waals surface area contributed by atoms with Crippen LogP contribution in [0.4, 0.5) is 5.69 Å². The predicted octanol–water partition coefficient (Wildman–Crippen LogP) is 3.62. The van der Waals surface area contributed by atoms with Crippen LogP contribution >= 0.6 is 0 Å². The maximum atomic E-state index is 12.0. The van der Waals surface area contributed by atoms with Gasteiger partial charge in [0.25, 0.3) is 0 Å². The molecule has 112 valence electrons. The van der Waals surface area contributed by atoms with Gasteiger partial charge in [-0.1, -0.05) is 49.4 Å². The van der Waals surface area contributed by atoms with Crippen molar-refractivity contribution in [2.45, 2.75) is 26.2 Å². The normalized spacial score (nSPS) is 11.3. The highest BCUT2D eigenvalue weighted by Crippen LogP contribution is 2.13. The first-order chi connectivity index (χ1) is 10.1. The van der Waals surface area contributed by atoms with Gasteiger partial charge in [-0.05, 0) is 42.5 Å². The molecule has 0 aliphatic heterocycles. The number of rotatable bonds is 7. The van der Waals surface area contributed by atoms with Crippen molar-refractivity contribution in [3.8, 4) is 0 Å². The van der Waals surface area contributed by atoms with Gasteiger partial charge in [0.15, 0.2) is 0 Å². The highest BCUT2D eigenvalue weighted by atomic mass is 32.2. The van der Waals surface area contributed by atoms with Crippen LogP contribution in [0, 0.1) is 0 Å². The fraction of sp³-hybridized carbons (Fsp3) is 0.294. The predicted molar refractivity (Wildman–Crippen MR) is 88.0 cm³/mol. The first kappa shape index (κ1) is 15.6. The minimum atomic E-state index is -3.27. The van der Waals surface area contributed by atoms with Gasteiger partial charge in [0.05, 0.1) is 5.75 Å². The van der Waals surface area contributed by atoms with Crippen LogP contribution in [0.1, 0.15) is 24.5 Å². The lowest BCUT2D eigenvalue weighted by atomic mass is 10.1. The lowest BCUT2D eigenvalue weighted by Crippen LogP contribution is -2.17. The minimum Gasteiger partial charge on any atom is -0.284 e. The van der Waals surface area contributed by atoms with E-state index >= 15 is 0 Å². The Hall–Kier alpha value is -1.81. The summed E-state index contributed by atoms with van der Waals surface area (Å²) in [6.07, 6.45) is 2.34. The molecule has 0 radical (unpaired) electrons. The van der Waals surface area contributed by atoms with E-state index in [0.717, 1.165) is 12.8 Å². The molecule has 0 unspecified atom stereocenters. The molecule has 0 aliphatic carbocycles. The first-order valence-corrected chi connectivity index (χ1v) is 8.87. The number of aryl methyl sites for hydroxylation is 2. The van der Waals surface area contributed by atoms with Gasteiger partial charge < -0.3 is 0 Å². The molecule has 0 saturated heterocycles. The molecule has 1 N–H and O–H groups in total. The molecule has 2 aromatic carbocycles. The van der Waals surface area contributed by atoms with E-state index in [4.69, 9.17) is 0 Å². The summed E-state index contributed by atoms with van der Waals surface area (Å²) >= 11 is 0. The van der Waals surface area contributed by atoms with Gasteiger partial charge in [-0.15, -0.1) is 0 Å². The minimum absolute atomic E-state index is 0.136. The summed E-state index contributed by atoms with van der Waals surface area (Å²) in [5.74, 6) is 0.136. The Kier molecular flexibility index (Phi) is 5.39. The second kappa shape index (κ2) is 7.27. The first-order valence-electron chi connectivity index (χ1n) is 7.22. The molecule has 0 spiro atoms. The van der Waals surface area contributed by atoms with Crippen molar-refractivity contribution >= 4 is 15.7 Å². The van der Waals surface area contributed by atoms with Gasteiger partial charge >= 0.3 is 0 Å². The Morgan fingerprint density at radius 1 is 0.905 bits per heavy atom. The van der Waals surface area contributed by atoms with E-state index < -0.39 is 10.0 Å². The van der Waals surface area contributed by atoms with Crippen molar-refractivity contribution in [1.82, 2.24) is 0 Å². The molecule has 0 atom stereocenters. The molecule has 3 nitrogen and oxygen atoms in total. The average Bonchev–Trinajstić information content (AvgIpc) is 2.48. The molecule has 0 fully saturated rings. The Labute approximate surface area is 127 Å². The van der Waals surface area contributed by atoms with E-state index in [2.05, 4.69) is 11.6 Å². The zero-order valence-electron chi connectivity index (χ0n) is 12.2. The van der Waals surface area contributed by atoms with Crippen molar-refractivity contribution in [3.63, 3.8) is 0 Å². The van der Waals surface area contributed by atoms with E-state index in [1.165, 1.54) is 11.1 Å². The SMILES string of the molecule is CCc1ccc(NS(=O)(=O)CCCc2ccccc2)cc1. The summed E-state index contributed by atoms with van der Waals surface area (Å²) < 4.78 is 26.7. The smallest absolute Gasteiger partial charge is 0.232 e. The lowest BCUT2D eigenvalue weighted by molar-refractivity contribution is 0.598. The number of benzene rings is 2. The van der Waals surface area contributed by atoms with Crippen LogP contribution in [-0.2, 0) is 22.9 Å². The van der Waals surface area contributed by atoms with E-state index in [-0.39, 0.29) is 5.75 Å². The van der Waals surface area contributed by atoms with E-state index in [1.54, 1.807) is 0 Å². The molecule has 2 aromatic rings. The third-order valence-corrected chi connectivity index (χ3v) is 4.73. The standard InChI is InChI=1S/C17H21NO2S/c1-2-15-10-12-17(13-11-15)18-21(19,20)14-6-9-16-7-4-3-5-8-16/h3-5,7-8,10-13,18H,2,6,9,14H2,1H3. The Morgan fingerprint density at radius 2 is 1.57 bits per heavy atom. The van der Waals surface area contributed by atoms with Gasteiger partial charge in [-0.3, -0.25) is 4.72 Å². The molecule has 0 bridgehead atoms. The third-order valence-electron chi connectivity index (χ3n) is 3.36. The number of anilines is 1. The molecular formula is C17H21NO2S. The van der Waals surface area contributed by atoms with E-state index in [1.807, 2.05) is 54.6 Å². The topological polar surface area (TPSA) is 46.2 Å². The number of hydrogen-bond acceptors (Lipinski definition) is 2. The van der Waals surface area contributed by atoms with Crippen molar-refractivity contribution in [2.24, 2.45) is 0 Å². The van der Waals surface area contributed by atoms with E-state index in [9.17, 15) is 8.42 Å². The quantitative estimate of drug-likeness (QED) is 0.849. The van der Waals surface area contributed by atoms with Gasteiger partial charge in [-0.25, -0.2) is 8.42 Å². The zero-order valence-corrected chi connectivity index (χ0v) is 13.1. The van der Waals surface area contributed by atoms with Crippen molar-refractivity contribution in [3.05, 3.63) is 65.7 Å². The van der Waals surface area contributed by atoms with Crippen LogP contribution in [0.2, 0.25) is 0 Å². The molecule has 4 heteroatoms. The Morgan fingerprint density at radius 3 is 2.19 bits per heavy atom. The largest absolute Gasteiger partial charge is 0.284 e. The maximum absolute atomic E-state index is 12.0. The molecule has 0 amide bonds. The third kappa shape index (κ3) is 5.23. The van der Waals surface area contributed by atoms with Crippen molar-refractivity contribution in [2.75, 3.05) is 10.5 Å². The summed E-state index contributed by atoms with van der Waals surface area (Å²) in [6.45, 7) is 2.07. The molecule has 0 aromatic heterocycles. The highest BCUT2D eigenvalue weighted by molar-refractivity contribution is 7.92. The monoisotopic (exact) mass is 303 g/mol. The summed E-state index contributed by atoms with van der Waals surface area (Å²) in [7, 11) is -3.27. The molecule has 0 saturated carbocycles. The zero-order chi connectivity index (χ0) is 15.1. The van der Waals surface area contributed by atoms with Gasteiger partial charge in [0, 0.05) is 5.69 Å². The van der Waals surface area contributed by atoms with Crippen LogP contribution in [0.15, 0.2) is 54.6 Å².